The largest absolute Gasteiger partial charge is 0.462 e. The molecule has 0 aromatic carbocycles. The van der Waals surface area contributed by atoms with Crippen LogP contribution in [-0.4, -0.2) is 22.2 Å². The summed E-state index contributed by atoms with van der Waals surface area (Å²) in [5.41, 5.74) is 1.17. The number of hydrogen-bond donors (Lipinski definition) is 0. The third-order valence-corrected chi connectivity index (χ3v) is 3.06. The molecule has 0 spiro atoms. The molecule has 2 heterocycles. The number of fused-ring (bicyclic) bond motifs is 1. The molecule has 0 aliphatic heterocycles. The number of pyridine rings is 1. The highest BCUT2D eigenvalue weighted by molar-refractivity contribution is 9.11. The predicted molar refractivity (Wildman–Crippen MR) is 66.5 cm³/mol. The average Bonchev–Trinajstić information content (AvgIpc) is 2.61. The highest BCUT2D eigenvalue weighted by Crippen LogP contribution is 2.23. The molecule has 0 saturated carbocycles. The number of halogens is 2. The molecule has 0 fully saturated rings. The van der Waals surface area contributed by atoms with Crippen LogP contribution in [0.2, 0.25) is 0 Å². The zero-order valence-corrected chi connectivity index (χ0v) is 11.6. The highest BCUT2D eigenvalue weighted by atomic mass is 79.9. The summed E-state index contributed by atoms with van der Waals surface area (Å²) < 4.78 is 8.23. The SMILES string of the molecule is CCOC(=O)c1cnn2c(Br)cc(Br)cc12. The Morgan fingerprint density at radius 1 is 1.50 bits per heavy atom. The van der Waals surface area contributed by atoms with Crippen LogP contribution in [0.4, 0.5) is 0 Å². The fourth-order valence-electron chi connectivity index (χ4n) is 1.38. The van der Waals surface area contributed by atoms with E-state index in [1.165, 1.54) is 6.20 Å². The van der Waals surface area contributed by atoms with Crippen LogP contribution in [0, 0.1) is 0 Å². The third-order valence-electron chi connectivity index (χ3n) is 2.04. The minimum absolute atomic E-state index is 0.353. The molecule has 0 amide bonds. The number of ether oxygens (including phenoxy) is 1. The number of rotatable bonds is 2. The smallest absolute Gasteiger partial charge is 0.341 e. The topological polar surface area (TPSA) is 43.6 Å². The summed E-state index contributed by atoms with van der Waals surface area (Å²) in [4.78, 5) is 11.6. The van der Waals surface area contributed by atoms with Gasteiger partial charge in [-0.3, -0.25) is 0 Å². The van der Waals surface area contributed by atoms with Gasteiger partial charge in [0.25, 0.3) is 0 Å². The summed E-state index contributed by atoms with van der Waals surface area (Å²) >= 11 is 6.73. The molecule has 6 heteroatoms. The van der Waals surface area contributed by atoms with Crippen LogP contribution in [-0.2, 0) is 4.74 Å². The molecule has 84 valence electrons. The number of carbonyl (C=O) groups is 1. The summed E-state index contributed by atoms with van der Waals surface area (Å²) in [6.07, 6.45) is 1.50. The van der Waals surface area contributed by atoms with E-state index in [1.807, 2.05) is 12.1 Å². The van der Waals surface area contributed by atoms with Gasteiger partial charge in [-0.25, -0.2) is 9.31 Å². The zero-order chi connectivity index (χ0) is 11.7. The first-order valence-electron chi connectivity index (χ1n) is 4.63. The Labute approximate surface area is 109 Å². The Balaban J connectivity index is 2.60. The van der Waals surface area contributed by atoms with Gasteiger partial charge >= 0.3 is 5.97 Å². The van der Waals surface area contributed by atoms with Crippen molar-refractivity contribution in [3.63, 3.8) is 0 Å². The average molecular weight is 348 g/mol. The Morgan fingerprint density at radius 2 is 2.25 bits per heavy atom. The van der Waals surface area contributed by atoms with Crippen molar-refractivity contribution < 1.29 is 9.53 Å². The van der Waals surface area contributed by atoms with Gasteiger partial charge in [-0.2, -0.15) is 5.10 Å². The molecule has 4 nitrogen and oxygen atoms in total. The molecular formula is C10H8Br2N2O2. The predicted octanol–water partition coefficient (Wildman–Crippen LogP) is 3.04. The van der Waals surface area contributed by atoms with Crippen LogP contribution >= 0.6 is 31.9 Å². The minimum Gasteiger partial charge on any atom is -0.462 e. The normalized spacial score (nSPS) is 10.7. The fourth-order valence-corrected chi connectivity index (χ4v) is 2.65. The second-order valence-electron chi connectivity index (χ2n) is 3.07. The maximum atomic E-state index is 11.6. The molecule has 0 bridgehead atoms. The van der Waals surface area contributed by atoms with Gasteiger partial charge in [0.2, 0.25) is 0 Å². The lowest BCUT2D eigenvalue weighted by molar-refractivity contribution is 0.0528. The molecule has 0 aliphatic carbocycles. The Kier molecular flexibility index (Phi) is 3.30. The van der Waals surface area contributed by atoms with Crippen molar-refractivity contribution in [1.29, 1.82) is 0 Å². The van der Waals surface area contributed by atoms with E-state index in [4.69, 9.17) is 4.74 Å². The number of hydrogen-bond acceptors (Lipinski definition) is 3. The van der Waals surface area contributed by atoms with Crippen LogP contribution in [0.1, 0.15) is 17.3 Å². The standard InChI is InChI=1S/C10H8Br2N2O2/c1-2-16-10(15)7-5-13-14-8(7)3-6(11)4-9(14)12/h3-5H,2H2,1H3. The summed E-state index contributed by atoms with van der Waals surface area (Å²) in [6, 6.07) is 3.68. The maximum absolute atomic E-state index is 11.6. The lowest BCUT2D eigenvalue weighted by Crippen LogP contribution is -2.04. The summed E-state index contributed by atoms with van der Waals surface area (Å²) in [5.74, 6) is -0.359. The van der Waals surface area contributed by atoms with E-state index in [0.29, 0.717) is 17.7 Å². The lowest BCUT2D eigenvalue weighted by Gasteiger charge is -2.01. The Hall–Kier alpha value is -0.880. The quantitative estimate of drug-likeness (QED) is 0.619. The van der Waals surface area contributed by atoms with Crippen molar-refractivity contribution in [2.45, 2.75) is 6.92 Å². The fraction of sp³-hybridized carbons (Fsp3) is 0.200. The number of nitrogens with zero attached hydrogens (tertiary/aromatic N) is 2. The van der Waals surface area contributed by atoms with Gasteiger partial charge < -0.3 is 4.74 Å². The van der Waals surface area contributed by atoms with E-state index in [0.717, 1.165) is 9.08 Å². The summed E-state index contributed by atoms with van der Waals surface area (Å²) in [7, 11) is 0. The van der Waals surface area contributed by atoms with Crippen LogP contribution in [0.25, 0.3) is 5.52 Å². The van der Waals surface area contributed by atoms with Gasteiger partial charge in [0.1, 0.15) is 10.2 Å². The van der Waals surface area contributed by atoms with Crippen LogP contribution in [0.3, 0.4) is 0 Å². The monoisotopic (exact) mass is 346 g/mol. The molecule has 16 heavy (non-hydrogen) atoms. The molecule has 0 radical (unpaired) electrons. The molecule has 0 saturated heterocycles. The third kappa shape index (κ3) is 1.99. The van der Waals surface area contributed by atoms with Gasteiger partial charge in [-0.05, 0) is 35.0 Å². The van der Waals surface area contributed by atoms with E-state index < -0.39 is 0 Å². The van der Waals surface area contributed by atoms with Crippen molar-refractivity contribution in [3.05, 3.63) is 33.0 Å². The summed E-state index contributed by atoms with van der Waals surface area (Å²) in [5, 5.41) is 4.11. The van der Waals surface area contributed by atoms with Crippen LogP contribution < -0.4 is 0 Å². The first kappa shape index (κ1) is 11.6. The van der Waals surface area contributed by atoms with Crippen molar-refractivity contribution in [2.24, 2.45) is 0 Å². The van der Waals surface area contributed by atoms with Crippen molar-refractivity contribution in [3.8, 4) is 0 Å². The van der Waals surface area contributed by atoms with Crippen molar-refractivity contribution >= 4 is 43.3 Å². The van der Waals surface area contributed by atoms with Crippen LogP contribution in [0.5, 0.6) is 0 Å². The van der Waals surface area contributed by atoms with E-state index in [-0.39, 0.29) is 5.97 Å². The van der Waals surface area contributed by atoms with Gasteiger partial charge in [0.05, 0.1) is 18.3 Å². The zero-order valence-electron chi connectivity index (χ0n) is 8.41. The molecule has 2 aromatic heterocycles. The molecule has 2 rings (SSSR count). The molecular weight excluding hydrogens is 340 g/mol. The van der Waals surface area contributed by atoms with Crippen molar-refractivity contribution in [1.82, 2.24) is 9.61 Å². The van der Waals surface area contributed by atoms with Crippen LogP contribution in [0.15, 0.2) is 27.4 Å². The molecule has 0 aliphatic rings. The first-order chi connectivity index (χ1) is 7.63. The molecule has 0 N–H and O–H groups in total. The number of aromatic nitrogens is 2. The highest BCUT2D eigenvalue weighted by Gasteiger charge is 2.15. The van der Waals surface area contributed by atoms with Gasteiger partial charge in [0, 0.05) is 4.47 Å². The second-order valence-corrected chi connectivity index (χ2v) is 4.80. The lowest BCUT2D eigenvalue weighted by atomic mass is 10.3. The number of carbonyl (C=O) groups excluding carboxylic acids is 1. The van der Waals surface area contributed by atoms with Gasteiger partial charge in [-0.1, -0.05) is 15.9 Å². The maximum Gasteiger partial charge on any atom is 0.341 e. The van der Waals surface area contributed by atoms with Crippen molar-refractivity contribution in [2.75, 3.05) is 6.61 Å². The molecule has 0 atom stereocenters. The Morgan fingerprint density at radius 3 is 2.94 bits per heavy atom. The summed E-state index contributed by atoms with van der Waals surface area (Å²) in [6.45, 7) is 2.13. The Bertz CT molecular complexity index is 551. The molecule has 2 aromatic rings. The van der Waals surface area contributed by atoms with E-state index >= 15 is 0 Å². The van der Waals surface area contributed by atoms with E-state index in [9.17, 15) is 4.79 Å². The first-order valence-corrected chi connectivity index (χ1v) is 6.22. The minimum atomic E-state index is -0.359. The number of esters is 1. The van der Waals surface area contributed by atoms with E-state index in [2.05, 4.69) is 37.0 Å². The van der Waals surface area contributed by atoms with Gasteiger partial charge in [0.15, 0.2) is 0 Å². The van der Waals surface area contributed by atoms with E-state index in [1.54, 1.807) is 11.4 Å². The second kappa shape index (κ2) is 4.55. The van der Waals surface area contributed by atoms with Gasteiger partial charge in [-0.15, -0.1) is 0 Å². The molecule has 0 unspecified atom stereocenters.